The molecule has 3 aromatic carbocycles. The Bertz CT molecular complexity index is 1430. The van der Waals surface area contributed by atoms with E-state index < -0.39 is 11.6 Å². The van der Waals surface area contributed by atoms with Gasteiger partial charge in [-0.15, -0.1) is 0 Å². The second-order valence-corrected chi connectivity index (χ2v) is 10.8. The third-order valence-electron chi connectivity index (χ3n) is 7.69. The molecule has 2 aliphatic rings. The first-order valence-corrected chi connectivity index (χ1v) is 13.9. The van der Waals surface area contributed by atoms with Gasteiger partial charge in [-0.05, 0) is 55.3 Å². The van der Waals surface area contributed by atoms with Gasteiger partial charge in [0.05, 0.1) is 5.56 Å². The molecular weight excluding hydrogens is 520 g/mol. The van der Waals surface area contributed by atoms with Crippen molar-refractivity contribution >= 4 is 29.7 Å². The second-order valence-electron chi connectivity index (χ2n) is 10.8. The van der Waals surface area contributed by atoms with Gasteiger partial charge in [0.25, 0.3) is 5.91 Å². The summed E-state index contributed by atoms with van der Waals surface area (Å²) < 4.78 is 12.7. The van der Waals surface area contributed by atoms with Crippen molar-refractivity contribution in [3.05, 3.63) is 82.4 Å². The topological polar surface area (TPSA) is 100 Å². The molecule has 0 bridgehead atoms. The van der Waals surface area contributed by atoms with Gasteiger partial charge >= 0.3 is 5.97 Å². The van der Waals surface area contributed by atoms with Gasteiger partial charge in [0.15, 0.2) is 5.60 Å². The van der Waals surface area contributed by atoms with Crippen molar-refractivity contribution in [2.75, 3.05) is 51.1 Å². The molecule has 5 rings (SSSR count). The fourth-order valence-electron chi connectivity index (χ4n) is 5.46. The molecule has 0 unspecified atom stereocenters. The number of benzene rings is 3. The largest absolute Gasteiger partial charge is 0.456 e. The van der Waals surface area contributed by atoms with Crippen LogP contribution < -0.4 is 25.2 Å². The van der Waals surface area contributed by atoms with Crippen molar-refractivity contribution in [1.29, 1.82) is 0 Å². The number of carbonyl (C=O) groups is 3. The third-order valence-corrected chi connectivity index (χ3v) is 7.69. The van der Waals surface area contributed by atoms with Crippen molar-refractivity contribution < 1.29 is 23.9 Å². The van der Waals surface area contributed by atoms with Crippen LogP contribution in [-0.4, -0.2) is 59.6 Å². The lowest BCUT2D eigenvalue weighted by Gasteiger charge is -2.37. The Morgan fingerprint density at radius 3 is 2.00 bits per heavy atom. The van der Waals surface area contributed by atoms with Crippen molar-refractivity contribution in [3.63, 3.8) is 0 Å². The lowest BCUT2D eigenvalue weighted by atomic mass is 9.77. The molecule has 2 amide bonds. The molecule has 0 aliphatic carbocycles. The number of hydrogen-bond acceptors (Lipinski definition) is 7. The SMILES string of the molecule is CN(C)c1ccc2c(c1)Oc1cc(N(C)C)ccc1C21OC(=O)c2ccc(C(=O)NCCCCCCNC=O)cc21. The first-order valence-electron chi connectivity index (χ1n) is 13.9. The molecule has 9 nitrogen and oxygen atoms in total. The zero-order valence-corrected chi connectivity index (χ0v) is 24.0. The van der Waals surface area contributed by atoms with Crippen LogP contribution in [0.4, 0.5) is 11.4 Å². The molecule has 41 heavy (non-hydrogen) atoms. The van der Waals surface area contributed by atoms with Crippen molar-refractivity contribution in [1.82, 2.24) is 10.6 Å². The van der Waals surface area contributed by atoms with E-state index in [0.717, 1.165) is 37.1 Å². The standard InChI is InChI=1S/C32H36N4O5/c1-35(2)22-10-13-25-28(18-22)40-29-19-23(36(3)4)11-14-26(29)32(25)27-17-21(9-12-24(27)31(39)41-32)30(38)34-16-8-6-5-7-15-33-20-37/h9-14,17-20H,5-8,15-16H2,1-4H3,(H,33,37)(H,34,38). The van der Waals surface area contributed by atoms with E-state index in [0.29, 0.717) is 58.8 Å². The van der Waals surface area contributed by atoms with E-state index in [1.807, 2.05) is 74.4 Å². The number of nitrogens with zero attached hydrogens (tertiary/aromatic N) is 2. The van der Waals surface area contributed by atoms with Crippen LogP contribution in [0.1, 0.15) is 63.1 Å². The maximum Gasteiger partial charge on any atom is 0.340 e. The van der Waals surface area contributed by atoms with Crippen molar-refractivity contribution in [3.8, 4) is 11.5 Å². The second kappa shape index (κ2) is 11.5. The Morgan fingerprint density at radius 1 is 0.805 bits per heavy atom. The highest BCUT2D eigenvalue weighted by molar-refractivity contribution is 6.00. The normalized spacial score (nSPS) is 13.8. The van der Waals surface area contributed by atoms with Crippen LogP contribution >= 0.6 is 0 Å². The summed E-state index contributed by atoms with van der Waals surface area (Å²) in [6, 6.07) is 16.8. The quantitative estimate of drug-likeness (QED) is 0.205. The summed E-state index contributed by atoms with van der Waals surface area (Å²) in [7, 11) is 7.83. The Labute approximate surface area is 240 Å². The molecule has 2 N–H and O–H groups in total. The van der Waals surface area contributed by atoms with Crippen LogP contribution in [0.15, 0.2) is 54.6 Å². The highest BCUT2D eigenvalue weighted by Crippen LogP contribution is 2.57. The highest BCUT2D eigenvalue weighted by atomic mass is 16.6. The average molecular weight is 557 g/mol. The van der Waals surface area contributed by atoms with Crippen molar-refractivity contribution in [2.24, 2.45) is 0 Å². The summed E-state index contributed by atoms with van der Waals surface area (Å²) in [6.45, 7) is 1.20. The Morgan fingerprint density at radius 2 is 1.41 bits per heavy atom. The first-order chi connectivity index (χ1) is 19.8. The minimum Gasteiger partial charge on any atom is -0.456 e. The van der Waals surface area contributed by atoms with E-state index in [9.17, 15) is 14.4 Å². The monoisotopic (exact) mass is 556 g/mol. The maximum absolute atomic E-state index is 13.3. The van der Waals surface area contributed by atoms with E-state index in [1.165, 1.54) is 0 Å². The molecule has 214 valence electrons. The summed E-state index contributed by atoms with van der Waals surface area (Å²) in [6.07, 6.45) is 4.38. The summed E-state index contributed by atoms with van der Waals surface area (Å²) in [5, 5.41) is 5.66. The Hall–Kier alpha value is -4.53. The van der Waals surface area contributed by atoms with Gasteiger partial charge in [0, 0.05) is 87.0 Å². The van der Waals surface area contributed by atoms with Gasteiger partial charge < -0.3 is 29.9 Å². The average Bonchev–Trinajstić information content (AvgIpc) is 3.25. The number of rotatable bonds is 11. The summed E-state index contributed by atoms with van der Waals surface area (Å²) >= 11 is 0. The van der Waals surface area contributed by atoms with Crippen LogP contribution in [-0.2, 0) is 15.1 Å². The number of esters is 1. The lowest BCUT2D eigenvalue weighted by molar-refractivity contribution is -0.109. The number of anilines is 2. The molecule has 9 heteroatoms. The number of hydrogen-bond donors (Lipinski definition) is 2. The summed E-state index contributed by atoms with van der Waals surface area (Å²) in [5.74, 6) is 0.545. The molecule has 0 saturated carbocycles. The number of carbonyl (C=O) groups excluding carboxylic acids is 3. The predicted molar refractivity (Wildman–Crippen MR) is 158 cm³/mol. The molecule has 3 aromatic rings. The molecule has 1 spiro atoms. The minimum atomic E-state index is -1.25. The number of ether oxygens (including phenoxy) is 2. The number of nitrogens with one attached hydrogen (secondary N) is 2. The van der Waals surface area contributed by atoms with Crippen LogP contribution in [0.3, 0.4) is 0 Å². The summed E-state index contributed by atoms with van der Waals surface area (Å²) in [4.78, 5) is 40.8. The number of fused-ring (bicyclic) bond motifs is 6. The molecular formula is C32H36N4O5. The lowest BCUT2D eigenvalue weighted by Crippen LogP contribution is -2.33. The zero-order valence-electron chi connectivity index (χ0n) is 24.0. The highest BCUT2D eigenvalue weighted by Gasteiger charge is 2.53. The van der Waals surface area contributed by atoms with E-state index in [1.54, 1.807) is 18.2 Å². The predicted octanol–water partition coefficient (Wildman–Crippen LogP) is 4.42. The third kappa shape index (κ3) is 5.19. The van der Waals surface area contributed by atoms with Crippen molar-refractivity contribution in [2.45, 2.75) is 31.3 Å². The minimum absolute atomic E-state index is 0.205. The van der Waals surface area contributed by atoms with Crippen LogP contribution in [0.5, 0.6) is 11.5 Å². The zero-order chi connectivity index (χ0) is 29.1. The Kier molecular flexibility index (Phi) is 7.88. The fraction of sp³-hybridized carbons (Fsp3) is 0.344. The summed E-state index contributed by atoms with van der Waals surface area (Å²) in [5.41, 5.74) is 3.57. The Balaban J connectivity index is 1.50. The fourth-order valence-corrected chi connectivity index (χ4v) is 5.46. The van der Waals surface area contributed by atoms with E-state index in [4.69, 9.17) is 9.47 Å². The molecule has 2 heterocycles. The van der Waals surface area contributed by atoms with Gasteiger partial charge in [-0.2, -0.15) is 0 Å². The molecule has 0 atom stereocenters. The van der Waals surface area contributed by atoms with E-state index in [-0.39, 0.29) is 5.91 Å². The van der Waals surface area contributed by atoms with Crippen LogP contribution in [0, 0.1) is 0 Å². The van der Waals surface area contributed by atoms with Crippen LogP contribution in [0.25, 0.3) is 0 Å². The van der Waals surface area contributed by atoms with Gasteiger partial charge in [-0.25, -0.2) is 4.79 Å². The molecule has 0 saturated heterocycles. The number of amides is 2. The first kappa shape index (κ1) is 28.0. The van der Waals surface area contributed by atoms with E-state index >= 15 is 0 Å². The van der Waals surface area contributed by atoms with Gasteiger partial charge in [-0.3, -0.25) is 9.59 Å². The maximum atomic E-state index is 13.3. The van der Waals surface area contributed by atoms with Gasteiger partial charge in [-0.1, -0.05) is 12.8 Å². The van der Waals surface area contributed by atoms with Gasteiger partial charge in [0.1, 0.15) is 11.5 Å². The number of unbranched alkanes of at least 4 members (excludes halogenated alkanes) is 3. The van der Waals surface area contributed by atoms with Crippen LogP contribution in [0.2, 0.25) is 0 Å². The molecule has 0 fully saturated rings. The van der Waals surface area contributed by atoms with E-state index in [2.05, 4.69) is 10.6 Å². The van der Waals surface area contributed by atoms with Gasteiger partial charge in [0.2, 0.25) is 6.41 Å². The smallest absolute Gasteiger partial charge is 0.340 e. The molecule has 0 aromatic heterocycles. The molecule has 2 aliphatic heterocycles. The molecule has 0 radical (unpaired) electrons.